The molecule has 1 aromatic heterocycles. The van der Waals surface area contributed by atoms with Gasteiger partial charge in [0.05, 0.1) is 11.7 Å². The standard InChI is InChI=1S/C17H14ClN3O2/c1-11-13(18)6-4-7-14(11)20-17(23)10-21-15-8-3-2-5-12(15)16(22)9-19-21/h2-9H,10H2,1H3,(H,20,23). The fraction of sp³-hybridized carbons (Fsp3) is 0.118. The van der Waals surface area contributed by atoms with Crippen molar-refractivity contribution >= 4 is 34.1 Å². The summed E-state index contributed by atoms with van der Waals surface area (Å²) in [5.74, 6) is -0.239. The van der Waals surface area contributed by atoms with Crippen molar-refractivity contribution in [1.82, 2.24) is 9.78 Å². The Hall–Kier alpha value is -2.66. The lowest BCUT2D eigenvalue weighted by atomic mass is 10.2. The first-order chi connectivity index (χ1) is 11.1. The molecule has 3 rings (SSSR count). The molecule has 3 aromatic rings. The van der Waals surface area contributed by atoms with Gasteiger partial charge in [-0.25, -0.2) is 0 Å². The lowest BCUT2D eigenvalue weighted by molar-refractivity contribution is -0.116. The number of nitrogens with one attached hydrogen (secondary N) is 1. The van der Waals surface area contributed by atoms with Crippen LogP contribution in [-0.2, 0) is 11.3 Å². The monoisotopic (exact) mass is 327 g/mol. The molecule has 0 fully saturated rings. The predicted octanol–water partition coefficient (Wildman–Crippen LogP) is 3.00. The van der Waals surface area contributed by atoms with Gasteiger partial charge >= 0.3 is 0 Å². The highest BCUT2D eigenvalue weighted by Crippen LogP contribution is 2.22. The number of fused-ring (bicyclic) bond motifs is 1. The van der Waals surface area contributed by atoms with Gasteiger partial charge < -0.3 is 5.32 Å². The molecule has 0 saturated heterocycles. The third kappa shape index (κ3) is 3.10. The van der Waals surface area contributed by atoms with Crippen LogP contribution in [0.5, 0.6) is 0 Å². The molecule has 0 aliphatic rings. The van der Waals surface area contributed by atoms with E-state index < -0.39 is 0 Å². The number of amides is 1. The molecule has 23 heavy (non-hydrogen) atoms. The van der Waals surface area contributed by atoms with Gasteiger partial charge in [-0.2, -0.15) is 5.10 Å². The fourth-order valence-electron chi connectivity index (χ4n) is 2.36. The Morgan fingerprint density at radius 2 is 2.00 bits per heavy atom. The zero-order valence-electron chi connectivity index (χ0n) is 12.4. The van der Waals surface area contributed by atoms with Gasteiger partial charge in [-0.15, -0.1) is 0 Å². The summed E-state index contributed by atoms with van der Waals surface area (Å²) in [5.41, 5.74) is 1.93. The first kappa shape index (κ1) is 15.2. The van der Waals surface area contributed by atoms with Gasteiger partial charge in [-0.05, 0) is 36.8 Å². The largest absolute Gasteiger partial charge is 0.324 e. The molecule has 0 saturated carbocycles. The Bertz CT molecular complexity index is 950. The van der Waals surface area contributed by atoms with Gasteiger partial charge in [0, 0.05) is 16.1 Å². The second-order valence-corrected chi connectivity index (χ2v) is 5.55. The summed E-state index contributed by atoms with van der Waals surface area (Å²) in [6, 6.07) is 12.4. The third-order valence-corrected chi connectivity index (χ3v) is 4.01. The Labute approximate surface area is 137 Å². The second-order valence-electron chi connectivity index (χ2n) is 5.14. The Morgan fingerprint density at radius 1 is 1.22 bits per heavy atom. The number of aromatic nitrogens is 2. The van der Waals surface area contributed by atoms with Crippen LogP contribution in [0.25, 0.3) is 10.9 Å². The van der Waals surface area contributed by atoms with Gasteiger partial charge in [-0.3, -0.25) is 14.3 Å². The number of benzene rings is 2. The number of hydrogen-bond donors (Lipinski definition) is 1. The van der Waals surface area contributed by atoms with Crippen molar-refractivity contribution in [2.45, 2.75) is 13.5 Å². The van der Waals surface area contributed by atoms with E-state index in [1.54, 1.807) is 42.5 Å². The summed E-state index contributed by atoms with van der Waals surface area (Å²) >= 11 is 6.05. The molecule has 0 radical (unpaired) electrons. The van der Waals surface area contributed by atoms with Crippen LogP contribution in [0.4, 0.5) is 5.69 Å². The normalized spacial score (nSPS) is 10.7. The Morgan fingerprint density at radius 3 is 2.83 bits per heavy atom. The highest BCUT2D eigenvalue weighted by molar-refractivity contribution is 6.31. The topological polar surface area (TPSA) is 64.0 Å². The van der Waals surface area contributed by atoms with Crippen molar-refractivity contribution in [3.05, 3.63) is 69.5 Å². The van der Waals surface area contributed by atoms with Gasteiger partial charge in [-0.1, -0.05) is 29.8 Å². The van der Waals surface area contributed by atoms with Crippen LogP contribution >= 0.6 is 11.6 Å². The van der Waals surface area contributed by atoms with E-state index in [4.69, 9.17) is 11.6 Å². The van der Waals surface area contributed by atoms with Crippen LogP contribution in [-0.4, -0.2) is 15.7 Å². The average molecular weight is 328 g/mol. The molecule has 1 amide bonds. The van der Waals surface area contributed by atoms with Gasteiger partial charge in [0.2, 0.25) is 11.3 Å². The molecule has 0 bridgehead atoms. The summed E-state index contributed by atoms with van der Waals surface area (Å²) in [6.45, 7) is 1.84. The van der Waals surface area contributed by atoms with E-state index in [2.05, 4.69) is 10.4 Å². The van der Waals surface area contributed by atoms with E-state index in [9.17, 15) is 9.59 Å². The fourth-order valence-corrected chi connectivity index (χ4v) is 2.53. The molecule has 116 valence electrons. The molecule has 0 spiro atoms. The average Bonchev–Trinajstić information content (AvgIpc) is 2.55. The van der Waals surface area contributed by atoms with E-state index in [-0.39, 0.29) is 17.9 Å². The number of halogens is 1. The molecular formula is C17H14ClN3O2. The lowest BCUT2D eigenvalue weighted by Crippen LogP contribution is -2.22. The predicted molar refractivity (Wildman–Crippen MR) is 90.8 cm³/mol. The summed E-state index contributed by atoms with van der Waals surface area (Å²) in [4.78, 5) is 24.1. The van der Waals surface area contributed by atoms with Crippen molar-refractivity contribution in [1.29, 1.82) is 0 Å². The van der Waals surface area contributed by atoms with Gasteiger partial charge in [0.15, 0.2) is 0 Å². The number of carbonyl (C=O) groups excluding carboxylic acids is 1. The van der Waals surface area contributed by atoms with Crippen molar-refractivity contribution in [3.63, 3.8) is 0 Å². The third-order valence-electron chi connectivity index (χ3n) is 3.60. The number of rotatable bonds is 3. The molecule has 5 nitrogen and oxygen atoms in total. The molecule has 6 heteroatoms. The quantitative estimate of drug-likeness (QED) is 0.804. The minimum atomic E-state index is -0.239. The molecule has 1 N–H and O–H groups in total. The SMILES string of the molecule is Cc1c(Cl)cccc1NC(=O)Cn1ncc(=O)c2ccccc21. The Balaban J connectivity index is 1.88. The van der Waals surface area contributed by atoms with Crippen LogP contribution in [0.3, 0.4) is 0 Å². The molecule has 0 aliphatic heterocycles. The molecule has 0 unspecified atom stereocenters. The highest BCUT2D eigenvalue weighted by Gasteiger charge is 2.10. The van der Waals surface area contributed by atoms with E-state index in [1.165, 1.54) is 10.9 Å². The molecular weight excluding hydrogens is 314 g/mol. The first-order valence-electron chi connectivity index (χ1n) is 7.06. The zero-order chi connectivity index (χ0) is 16.4. The number of nitrogens with zero attached hydrogens (tertiary/aromatic N) is 2. The van der Waals surface area contributed by atoms with E-state index >= 15 is 0 Å². The summed E-state index contributed by atoms with van der Waals surface area (Å²) in [5, 5.41) is 7.99. The number of anilines is 1. The maximum absolute atomic E-state index is 12.3. The van der Waals surface area contributed by atoms with E-state index in [0.717, 1.165) is 5.56 Å². The van der Waals surface area contributed by atoms with Crippen LogP contribution in [0.2, 0.25) is 5.02 Å². The van der Waals surface area contributed by atoms with Crippen molar-refractivity contribution < 1.29 is 4.79 Å². The summed E-state index contributed by atoms with van der Waals surface area (Å²) in [6.07, 6.45) is 1.22. The summed E-state index contributed by atoms with van der Waals surface area (Å²) in [7, 11) is 0. The highest BCUT2D eigenvalue weighted by atomic mass is 35.5. The zero-order valence-corrected chi connectivity index (χ0v) is 13.2. The van der Waals surface area contributed by atoms with E-state index in [0.29, 0.717) is 21.6 Å². The number of para-hydroxylation sites is 1. The smallest absolute Gasteiger partial charge is 0.246 e. The number of hydrogen-bond acceptors (Lipinski definition) is 3. The molecule has 2 aromatic carbocycles. The second kappa shape index (κ2) is 6.22. The van der Waals surface area contributed by atoms with E-state index in [1.807, 2.05) is 6.92 Å². The van der Waals surface area contributed by atoms with Crippen molar-refractivity contribution in [2.75, 3.05) is 5.32 Å². The van der Waals surface area contributed by atoms with Crippen LogP contribution in [0.15, 0.2) is 53.5 Å². The lowest BCUT2D eigenvalue weighted by Gasteiger charge is -2.11. The van der Waals surface area contributed by atoms with Crippen LogP contribution < -0.4 is 10.7 Å². The van der Waals surface area contributed by atoms with Gasteiger partial charge in [0.1, 0.15) is 6.54 Å². The molecule has 1 heterocycles. The molecule has 0 aliphatic carbocycles. The van der Waals surface area contributed by atoms with Crippen LogP contribution in [0, 0.1) is 6.92 Å². The van der Waals surface area contributed by atoms with Crippen molar-refractivity contribution in [3.8, 4) is 0 Å². The Kier molecular flexibility index (Phi) is 4.12. The van der Waals surface area contributed by atoms with Gasteiger partial charge in [0.25, 0.3) is 0 Å². The van der Waals surface area contributed by atoms with Crippen molar-refractivity contribution in [2.24, 2.45) is 0 Å². The minimum absolute atomic E-state index is 0.00669. The maximum atomic E-state index is 12.3. The first-order valence-corrected chi connectivity index (χ1v) is 7.44. The minimum Gasteiger partial charge on any atom is -0.324 e. The molecule has 0 atom stereocenters. The summed E-state index contributed by atoms with van der Waals surface area (Å²) < 4.78 is 1.51. The maximum Gasteiger partial charge on any atom is 0.246 e. The van der Waals surface area contributed by atoms with Crippen LogP contribution in [0.1, 0.15) is 5.56 Å². The number of carbonyl (C=O) groups is 1.